The minimum Gasteiger partial charge on any atom is -0.223 e. The van der Waals surface area contributed by atoms with E-state index in [1.54, 1.807) is 12.1 Å². The van der Waals surface area contributed by atoms with Crippen molar-refractivity contribution in [1.82, 2.24) is 4.31 Å². The first-order valence-corrected chi connectivity index (χ1v) is 11.7. The Bertz CT molecular complexity index is 784. The second kappa shape index (κ2) is 6.94. The van der Waals surface area contributed by atoms with E-state index in [9.17, 15) is 16.8 Å². The number of rotatable bonds is 4. The Labute approximate surface area is 149 Å². The molecule has 0 bridgehead atoms. The van der Waals surface area contributed by atoms with Crippen LogP contribution >= 0.6 is 11.6 Å². The molecular weight excluding hydrogens is 370 g/mol. The van der Waals surface area contributed by atoms with Crippen LogP contribution in [0.25, 0.3) is 0 Å². The summed E-state index contributed by atoms with van der Waals surface area (Å²) in [5.41, 5.74) is 0. The van der Waals surface area contributed by atoms with Crippen LogP contribution < -0.4 is 0 Å². The predicted octanol–water partition coefficient (Wildman–Crippen LogP) is 2.85. The average molecular weight is 392 g/mol. The highest BCUT2D eigenvalue weighted by molar-refractivity contribution is 7.92. The molecule has 1 aromatic rings. The first-order valence-electron chi connectivity index (χ1n) is 8.30. The quantitative estimate of drug-likeness (QED) is 0.791. The molecule has 2 fully saturated rings. The lowest BCUT2D eigenvalue weighted by Gasteiger charge is -2.27. The van der Waals surface area contributed by atoms with Crippen LogP contribution in [0.15, 0.2) is 29.2 Å². The van der Waals surface area contributed by atoms with Crippen molar-refractivity contribution < 1.29 is 16.8 Å². The Hall–Kier alpha value is -0.630. The SMILES string of the molecule is O=S(=O)(c1ccc(Cl)cc1)C1CCN(S(=O)(=O)C2CCCCC2)C1. The van der Waals surface area contributed by atoms with Gasteiger partial charge in [-0.3, -0.25) is 0 Å². The van der Waals surface area contributed by atoms with Gasteiger partial charge in [-0.1, -0.05) is 30.9 Å². The standard InChI is InChI=1S/C16H22ClNO4S2/c17-13-6-8-14(9-7-13)23(19,20)16-10-11-18(12-16)24(21,22)15-4-2-1-3-5-15/h6-9,15-16H,1-5,10-12H2. The highest BCUT2D eigenvalue weighted by Gasteiger charge is 2.41. The minimum atomic E-state index is -3.54. The van der Waals surface area contributed by atoms with E-state index in [0.717, 1.165) is 19.3 Å². The fourth-order valence-electron chi connectivity index (χ4n) is 3.57. The van der Waals surface area contributed by atoms with Gasteiger partial charge in [0.2, 0.25) is 10.0 Å². The molecule has 0 amide bonds. The van der Waals surface area contributed by atoms with E-state index in [-0.39, 0.29) is 23.2 Å². The van der Waals surface area contributed by atoms with Crippen LogP contribution in [0.4, 0.5) is 0 Å². The third-order valence-corrected chi connectivity index (χ3v) is 9.83. The Morgan fingerprint density at radius 1 is 0.875 bits per heavy atom. The summed E-state index contributed by atoms with van der Waals surface area (Å²) in [5, 5.41) is -0.554. The van der Waals surface area contributed by atoms with Gasteiger partial charge in [-0.15, -0.1) is 0 Å². The van der Waals surface area contributed by atoms with E-state index in [1.807, 2.05) is 0 Å². The molecule has 134 valence electrons. The fourth-order valence-corrected chi connectivity index (χ4v) is 7.58. The van der Waals surface area contributed by atoms with Gasteiger partial charge in [0.1, 0.15) is 0 Å². The van der Waals surface area contributed by atoms with Gasteiger partial charge >= 0.3 is 0 Å². The minimum absolute atomic E-state index is 0.0593. The van der Waals surface area contributed by atoms with E-state index in [1.165, 1.54) is 16.4 Å². The largest absolute Gasteiger partial charge is 0.223 e. The Kier molecular flexibility index (Phi) is 5.25. The van der Waals surface area contributed by atoms with Crippen LogP contribution in [0.3, 0.4) is 0 Å². The van der Waals surface area contributed by atoms with Gasteiger partial charge in [-0.05, 0) is 43.5 Å². The van der Waals surface area contributed by atoms with E-state index in [0.29, 0.717) is 24.3 Å². The van der Waals surface area contributed by atoms with Crippen LogP contribution in [-0.4, -0.2) is 44.7 Å². The van der Waals surface area contributed by atoms with Crippen molar-refractivity contribution in [1.29, 1.82) is 0 Å². The van der Waals surface area contributed by atoms with Crippen molar-refractivity contribution in [2.45, 2.75) is 53.9 Å². The Balaban J connectivity index is 1.76. The van der Waals surface area contributed by atoms with Gasteiger partial charge in [0.05, 0.1) is 15.4 Å². The highest BCUT2D eigenvalue weighted by Crippen LogP contribution is 2.31. The molecule has 1 saturated carbocycles. The summed E-state index contributed by atoms with van der Waals surface area (Å²) in [7, 11) is -6.94. The second-order valence-corrected chi connectivity index (χ2v) is 11.5. The molecule has 1 aliphatic heterocycles. The number of sulfone groups is 1. The van der Waals surface area contributed by atoms with Gasteiger partial charge in [0, 0.05) is 18.1 Å². The van der Waals surface area contributed by atoms with Gasteiger partial charge in [0.25, 0.3) is 0 Å². The monoisotopic (exact) mass is 391 g/mol. The third-order valence-electron chi connectivity index (χ3n) is 5.02. The summed E-state index contributed by atoms with van der Waals surface area (Å²) in [5.74, 6) is 0. The molecule has 24 heavy (non-hydrogen) atoms. The van der Waals surface area contributed by atoms with Gasteiger partial charge in [0.15, 0.2) is 9.84 Å². The second-order valence-electron chi connectivity index (χ2n) is 6.57. The molecule has 8 heteroatoms. The molecule has 1 aliphatic carbocycles. The van der Waals surface area contributed by atoms with Crippen LogP contribution in [0, 0.1) is 0 Å². The first kappa shape index (κ1) is 18.2. The Morgan fingerprint density at radius 3 is 2.12 bits per heavy atom. The number of nitrogens with zero attached hydrogens (tertiary/aromatic N) is 1. The maximum atomic E-state index is 12.8. The molecule has 2 aliphatic rings. The third kappa shape index (κ3) is 3.49. The molecule has 1 aromatic carbocycles. The number of hydrogen-bond acceptors (Lipinski definition) is 4. The van der Waals surface area contributed by atoms with Gasteiger partial charge in [-0.25, -0.2) is 21.1 Å². The average Bonchev–Trinajstić information content (AvgIpc) is 3.08. The van der Waals surface area contributed by atoms with Crippen molar-refractivity contribution in [2.75, 3.05) is 13.1 Å². The molecule has 0 spiro atoms. The van der Waals surface area contributed by atoms with Crippen molar-refractivity contribution in [2.24, 2.45) is 0 Å². The molecule has 0 aromatic heterocycles. The zero-order valence-corrected chi connectivity index (χ0v) is 15.8. The summed E-state index contributed by atoms with van der Waals surface area (Å²) in [4.78, 5) is 0.203. The van der Waals surface area contributed by atoms with Crippen molar-refractivity contribution >= 4 is 31.5 Å². The van der Waals surface area contributed by atoms with Crippen LogP contribution in [0.1, 0.15) is 38.5 Å². The lowest BCUT2D eigenvalue weighted by Crippen LogP contribution is -2.39. The zero-order valence-electron chi connectivity index (χ0n) is 13.4. The van der Waals surface area contributed by atoms with Crippen molar-refractivity contribution in [3.8, 4) is 0 Å². The van der Waals surface area contributed by atoms with E-state index >= 15 is 0 Å². The topological polar surface area (TPSA) is 71.5 Å². The Morgan fingerprint density at radius 2 is 1.50 bits per heavy atom. The molecule has 5 nitrogen and oxygen atoms in total. The molecule has 3 rings (SSSR count). The summed E-state index contributed by atoms with van der Waals surface area (Å²) < 4.78 is 52.4. The molecule has 0 radical (unpaired) electrons. The molecule has 1 unspecified atom stereocenters. The van der Waals surface area contributed by atoms with Gasteiger partial charge < -0.3 is 0 Å². The van der Waals surface area contributed by atoms with Crippen LogP contribution in [0.2, 0.25) is 5.02 Å². The summed E-state index contributed by atoms with van der Waals surface area (Å²) in [6.07, 6.45) is 4.67. The summed E-state index contributed by atoms with van der Waals surface area (Å²) in [6.45, 7) is 0.347. The first-order chi connectivity index (χ1) is 11.3. The summed E-state index contributed by atoms with van der Waals surface area (Å²) >= 11 is 5.81. The lowest BCUT2D eigenvalue weighted by atomic mass is 10.0. The zero-order chi connectivity index (χ0) is 17.4. The molecular formula is C16H22ClNO4S2. The van der Waals surface area contributed by atoms with E-state index < -0.39 is 25.1 Å². The normalized spacial score (nSPS) is 24.3. The number of benzene rings is 1. The van der Waals surface area contributed by atoms with Gasteiger partial charge in [-0.2, -0.15) is 0 Å². The lowest BCUT2D eigenvalue weighted by molar-refractivity contribution is 0.428. The smallest absolute Gasteiger partial charge is 0.217 e. The summed E-state index contributed by atoms with van der Waals surface area (Å²) in [6, 6.07) is 6.05. The molecule has 0 N–H and O–H groups in total. The van der Waals surface area contributed by atoms with Crippen molar-refractivity contribution in [3.05, 3.63) is 29.3 Å². The predicted molar refractivity (Wildman–Crippen MR) is 94.4 cm³/mol. The molecule has 1 atom stereocenters. The number of halogens is 1. The fraction of sp³-hybridized carbons (Fsp3) is 0.625. The van der Waals surface area contributed by atoms with Crippen molar-refractivity contribution in [3.63, 3.8) is 0 Å². The van der Waals surface area contributed by atoms with Crippen LogP contribution in [0.5, 0.6) is 0 Å². The molecule has 1 saturated heterocycles. The van der Waals surface area contributed by atoms with Crippen LogP contribution in [-0.2, 0) is 19.9 Å². The van der Waals surface area contributed by atoms with E-state index in [2.05, 4.69) is 0 Å². The molecule has 1 heterocycles. The van der Waals surface area contributed by atoms with E-state index in [4.69, 9.17) is 11.6 Å². The maximum absolute atomic E-state index is 12.8. The highest BCUT2D eigenvalue weighted by atomic mass is 35.5. The maximum Gasteiger partial charge on any atom is 0.217 e. The number of sulfonamides is 1. The number of hydrogen-bond donors (Lipinski definition) is 0.